The van der Waals surface area contributed by atoms with Gasteiger partial charge in [-0.15, -0.1) is 0 Å². The molecule has 3 rings (SSSR count). The highest BCUT2D eigenvalue weighted by Crippen LogP contribution is 2.46. The van der Waals surface area contributed by atoms with Crippen molar-refractivity contribution in [3.63, 3.8) is 0 Å². The average Bonchev–Trinajstić information content (AvgIpc) is 3.19. The van der Waals surface area contributed by atoms with Gasteiger partial charge in [0.25, 0.3) is 0 Å². The van der Waals surface area contributed by atoms with Crippen LogP contribution in [0.1, 0.15) is 20.8 Å². The van der Waals surface area contributed by atoms with Crippen LogP contribution in [0.25, 0.3) is 0 Å². The van der Waals surface area contributed by atoms with Crippen LogP contribution in [0.5, 0.6) is 11.5 Å². The molecule has 2 N–H and O–H groups in total. The second kappa shape index (κ2) is 11.4. The van der Waals surface area contributed by atoms with Crippen LogP contribution in [0.4, 0.5) is 38.4 Å². The molecule has 39 heavy (non-hydrogen) atoms. The average molecular weight is 581 g/mol. The zero-order valence-corrected chi connectivity index (χ0v) is 24.3. The van der Waals surface area contributed by atoms with Crippen molar-refractivity contribution in [3.05, 3.63) is 34.7 Å². The Kier molecular flexibility index (Phi) is 8.66. The second-order valence-corrected chi connectivity index (χ2v) is 10.0. The molecule has 0 saturated heterocycles. The lowest BCUT2D eigenvalue weighted by molar-refractivity contribution is 0.0597. The number of aryl methyl sites for hydroxylation is 1. The summed E-state index contributed by atoms with van der Waals surface area (Å²) in [4.78, 5) is 38.7. The number of hydrogen-bond acceptors (Lipinski definition) is 9. The number of anilines is 5. The lowest BCUT2D eigenvalue weighted by Gasteiger charge is -2.28. The van der Waals surface area contributed by atoms with Gasteiger partial charge in [-0.05, 0) is 20.8 Å². The number of halogens is 2. The number of hydrogen-bond donors (Lipinski definition) is 1. The molecule has 0 atom stereocenters. The SMILES string of the molecule is COc1cc(OC)c(Cl)c(N(C)C(=O)N(C)c2cc(N(C(=O)OC(C)(C)C)c3nn(C)cc3N)ncn2)c1Cl. The molecule has 0 aliphatic heterocycles. The molecule has 3 aromatic rings. The van der Waals surface area contributed by atoms with E-state index in [-0.39, 0.29) is 50.4 Å². The third-order valence-electron chi connectivity index (χ3n) is 5.30. The van der Waals surface area contributed by atoms with Crippen molar-refractivity contribution in [2.45, 2.75) is 26.4 Å². The van der Waals surface area contributed by atoms with Crippen LogP contribution in [-0.2, 0) is 11.8 Å². The molecule has 0 spiro atoms. The Balaban J connectivity index is 2.03. The molecule has 15 heteroatoms. The summed E-state index contributed by atoms with van der Waals surface area (Å²) >= 11 is 13.0. The Bertz CT molecular complexity index is 1360. The van der Waals surface area contributed by atoms with E-state index in [9.17, 15) is 9.59 Å². The second-order valence-electron chi connectivity index (χ2n) is 9.29. The van der Waals surface area contributed by atoms with Gasteiger partial charge >= 0.3 is 12.1 Å². The van der Waals surface area contributed by atoms with E-state index < -0.39 is 17.7 Å². The number of amides is 3. The van der Waals surface area contributed by atoms with E-state index in [0.29, 0.717) is 0 Å². The van der Waals surface area contributed by atoms with Gasteiger partial charge in [0.1, 0.15) is 45.1 Å². The summed E-state index contributed by atoms with van der Waals surface area (Å²) in [6.45, 7) is 5.17. The van der Waals surface area contributed by atoms with Crippen molar-refractivity contribution >= 4 is 64.2 Å². The van der Waals surface area contributed by atoms with E-state index in [1.165, 1.54) is 67.5 Å². The molecule has 210 valence electrons. The zero-order chi connectivity index (χ0) is 29.2. The Morgan fingerprint density at radius 1 is 0.974 bits per heavy atom. The number of benzene rings is 1. The van der Waals surface area contributed by atoms with Gasteiger partial charge in [0.2, 0.25) is 0 Å². The predicted octanol–water partition coefficient (Wildman–Crippen LogP) is 4.88. The Hall–Kier alpha value is -3.97. The molecule has 0 saturated carbocycles. The number of ether oxygens (including phenoxy) is 3. The molecule has 0 bridgehead atoms. The number of nitrogens with zero attached hydrogens (tertiary/aromatic N) is 7. The standard InChI is InChI=1S/C24H30Cl2N8O5/c1-24(2,3)39-23(36)34(21-13(27)11-31(4)30-21)17-10-16(28-12-29-17)32(5)22(35)33(6)20-18(25)14(37-7)9-15(38-8)19(20)26/h9-12H,27H2,1-8H3. The number of aromatic nitrogens is 4. The topological polar surface area (TPSA) is 141 Å². The number of methoxy groups -OCH3 is 2. The first-order valence-corrected chi connectivity index (χ1v) is 12.2. The highest BCUT2D eigenvalue weighted by atomic mass is 35.5. The third kappa shape index (κ3) is 6.20. The summed E-state index contributed by atoms with van der Waals surface area (Å²) in [5.74, 6) is 0.841. The van der Waals surface area contributed by atoms with E-state index in [0.717, 1.165) is 4.90 Å². The van der Waals surface area contributed by atoms with Gasteiger partial charge in [0, 0.05) is 39.5 Å². The maximum atomic E-state index is 13.5. The first-order valence-electron chi connectivity index (χ1n) is 11.5. The van der Waals surface area contributed by atoms with Crippen LogP contribution in [-0.4, -0.2) is 65.8 Å². The van der Waals surface area contributed by atoms with Gasteiger partial charge in [-0.3, -0.25) is 14.5 Å². The zero-order valence-electron chi connectivity index (χ0n) is 22.8. The van der Waals surface area contributed by atoms with Crippen LogP contribution in [0, 0.1) is 0 Å². The van der Waals surface area contributed by atoms with Gasteiger partial charge in [-0.25, -0.2) is 24.5 Å². The molecule has 2 heterocycles. The molecular formula is C24H30Cl2N8O5. The van der Waals surface area contributed by atoms with E-state index in [1.54, 1.807) is 27.8 Å². The molecule has 3 amide bonds. The fourth-order valence-corrected chi connectivity index (χ4v) is 4.25. The van der Waals surface area contributed by atoms with Gasteiger partial charge in [-0.1, -0.05) is 23.2 Å². The van der Waals surface area contributed by atoms with Gasteiger partial charge in [0.05, 0.1) is 25.6 Å². The quantitative estimate of drug-likeness (QED) is 0.431. The van der Waals surface area contributed by atoms with E-state index >= 15 is 0 Å². The van der Waals surface area contributed by atoms with Gasteiger partial charge in [-0.2, -0.15) is 5.10 Å². The molecule has 0 aliphatic rings. The smallest absolute Gasteiger partial charge is 0.422 e. The van der Waals surface area contributed by atoms with Crippen molar-refractivity contribution in [2.24, 2.45) is 7.05 Å². The number of carbonyl (C=O) groups is 2. The van der Waals surface area contributed by atoms with E-state index in [1.807, 2.05) is 0 Å². The van der Waals surface area contributed by atoms with E-state index in [4.69, 9.17) is 43.1 Å². The monoisotopic (exact) mass is 580 g/mol. The summed E-state index contributed by atoms with van der Waals surface area (Å²) in [6, 6.07) is 2.36. The van der Waals surface area contributed by atoms with Crippen LogP contribution < -0.4 is 29.9 Å². The Morgan fingerprint density at radius 2 is 1.54 bits per heavy atom. The number of rotatable bonds is 6. The normalized spacial score (nSPS) is 11.1. The summed E-state index contributed by atoms with van der Waals surface area (Å²) in [7, 11) is 7.48. The summed E-state index contributed by atoms with van der Waals surface area (Å²) in [5, 5.41) is 4.50. The highest BCUT2D eigenvalue weighted by Gasteiger charge is 2.31. The van der Waals surface area contributed by atoms with Crippen molar-refractivity contribution in [1.29, 1.82) is 0 Å². The number of urea groups is 1. The van der Waals surface area contributed by atoms with Gasteiger partial charge < -0.3 is 19.9 Å². The fourth-order valence-electron chi connectivity index (χ4n) is 3.49. The Morgan fingerprint density at radius 3 is 2.03 bits per heavy atom. The van der Waals surface area contributed by atoms with Crippen LogP contribution in [0.2, 0.25) is 10.0 Å². The molecular weight excluding hydrogens is 551 g/mol. The van der Waals surface area contributed by atoms with Crippen LogP contribution in [0.3, 0.4) is 0 Å². The number of nitrogen functional groups attached to an aromatic ring is 1. The molecule has 0 fully saturated rings. The summed E-state index contributed by atoms with van der Waals surface area (Å²) in [5.41, 5.74) is 5.67. The molecule has 0 unspecified atom stereocenters. The van der Waals surface area contributed by atoms with Crippen molar-refractivity contribution in [2.75, 3.05) is 48.7 Å². The molecule has 13 nitrogen and oxygen atoms in total. The predicted molar refractivity (Wildman–Crippen MR) is 150 cm³/mol. The molecule has 0 radical (unpaired) electrons. The fraction of sp³-hybridized carbons (Fsp3) is 0.375. The molecule has 2 aromatic heterocycles. The minimum atomic E-state index is -0.819. The lowest BCUT2D eigenvalue weighted by Crippen LogP contribution is -2.40. The minimum absolute atomic E-state index is 0.0704. The van der Waals surface area contributed by atoms with E-state index in [2.05, 4.69) is 15.1 Å². The van der Waals surface area contributed by atoms with Crippen LogP contribution in [0.15, 0.2) is 24.7 Å². The Labute approximate surface area is 235 Å². The van der Waals surface area contributed by atoms with Crippen molar-refractivity contribution < 1.29 is 23.8 Å². The lowest BCUT2D eigenvalue weighted by atomic mass is 10.2. The maximum Gasteiger partial charge on any atom is 0.422 e. The number of carbonyl (C=O) groups excluding carboxylic acids is 2. The maximum absolute atomic E-state index is 13.5. The van der Waals surface area contributed by atoms with Gasteiger partial charge in [0.15, 0.2) is 5.82 Å². The highest BCUT2D eigenvalue weighted by molar-refractivity contribution is 6.42. The largest absolute Gasteiger partial charge is 0.495 e. The molecule has 0 aliphatic carbocycles. The molecule has 1 aromatic carbocycles. The number of nitrogens with two attached hydrogens (primary N) is 1. The first-order chi connectivity index (χ1) is 18.2. The van der Waals surface area contributed by atoms with Crippen LogP contribution >= 0.6 is 23.2 Å². The van der Waals surface area contributed by atoms with Crippen molar-refractivity contribution in [3.8, 4) is 11.5 Å². The summed E-state index contributed by atoms with van der Waals surface area (Å²) in [6.07, 6.45) is 1.96. The third-order valence-corrected chi connectivity index (χ3v) is 6.03. The minimum Gasteiger partial charge on any atom is -0.495 e. The summed E-state index contributed by atoms with van der Waals surface area (Å²) < 4.78 is 17.6. The first kappa shape index (κ1) is 29.6. The van der Waals surface area contributed by atoms with Crippen molar-refractivity contribution in [1.82, 2.24) is 19.7 Å².